The van der Waals surface area contributed by atoms with Gasteiger partial charge in [0.2, 0.25) is 0 Å². The first-order valence-corrected chi connectivity index (χ1v) is 39.3. The molecule has 0 aromatic heterocycles. The molecule has 3 saturated carbocycles. The van der Waals surface area contributed by atoms with E-state index >= 15 is 0 Å². The predicted molar refractivity (Wildman–Crippen MR) is 441 cm³/mol. The van der Waals surface area contributed by atoms with Crippen molar-refractivity contribution in [3.05, 3.63) is 204 Å². The molecule has 0 unspecified atom stereocenters. The maximum atomic E-state index is 5.58. The minimum absolute atomic E-state index is 0.526. The van der Waals surface area contributed by atoms with E-state index in [2.05, 4.69) is 208 Å². The highest BCUT2D eigenvalue weighted by molar-refractivity contribution is 5.30. The third-order valence-corrected chi connectivity index (χ3v) is 17.1. The van der Waals surface area contributed by atoms with Gasteiger partial charge in [0.05, 0.1) is 0 Å². The number of hydrogen-bond donors (Lipinski definition) is 0. The molecule has 1 nitrogen and oxygen atoms in total. The Hall–Kier alpha value is -4.88. The third-order valence-electron chi connectivity index (χ3n) is 17.1. The van der Waals surface area contributed by atoms with E-state index in [-0.39, 0.29) is 0 Å². The average molecular weight is 1310 g/mol. The van der Waals surface area contributed by atoms with Crippen LogP contribution in [-0.4, -0.2) is 0 Å². The van der Waals surface area contributed by atoms with Crippen LogP contribution in [0, 0.1) is 65.6 Å². The zero-order valence-electron chi connectivity index (χ0n) is 69.6. The Bertz CT molecular complexity index is 2190. The summed E-state index contributed by atoms with van der Waals surface area (Å²) in [5.41, 5.74) is 9.67. The van der Waals surface area contributed by atoms with Crippen LogP contribution in [0.15, 0.2) is 176 Å². The summed E-state index contributed by atoms with van der Waals surface area (Å²) in [5.74, 6) is 4.74. The van der Waals surface area contributed by atoms with Gasteiger partial charge in [-0.15, -0.1) is 0 Å². The van der Waals surface area contributed by atoms with Gasteiger partial charge in [-0.2, -0.15) is 0 Å². The van der Waals surface area contributed by atoms with Crippen molar-refractivity contribution in [1.82, 2.24) is 0 Å². The molecular weight excluding hydrogens is 1150 g/mol. The minimum Gasteiger partial charge on any atom is -0.457 e. The normalized spacial score (nSPS) is 14.0. The van der Waals surface area contributed by atoms with E-state index in [0.717, 1.165) is 35.7 Å². The molecule has 3 aliphatic carbocycles. The monoisotopic (exact) mass is 1310 g/mol. The fourth-order valence-electron chi connectivity index (χ4n) is 13.3. The summed E-state index contributed by atoms with van der Waals surface area (Å²) in [7, 11) is 0. The summed E-state index contributed by atoms with van der Waals surface area (Å²) < 4.78 is 5.58. The molecule has 3 aliphatic rings. The van der Waals surface area contributed by atoms with Gasteiger partial charge in [-0.1, -0.05) is 409 Å². The fraction of sp³-hybridized carbons (Fsp3) is 0.617. The van der Waals surface area contributed by atoms with Gasteiger partial charge in [-0.05, 0) is 176 Å². The number of para-hydroxylation sites is 2. The van der Waals surface area contributed by atoms with E-state index in [9.17, 15) is 0 Å². The van der Waals surface area contributed by atoms with E-state index in [1.54, 1.807) is 0 Å². The zero-order valence-corrected chi connectivity index (χ0v) is 69.6. The number of hydrogen-bond acceptors (Lipinski definition) is 1. The highest BCUT2D eigenvalue weighted by atomic mass is 16.5. The molecule has 0 saturated heterocycles. The molecule has 1 heteroatoms. The summed E-state index contributed by atoms with van der Waals surface area (Å²) >= 11 is 0. The molecule has 0 amide bonds. The van der Waals surface area contributed by atoms with Crippen LogP contribution < -0.4 is 4.74 Å². The SMILES string of the molecule is CC.CC.CC.CC.CC.CC.CC.CC.CC(C)(C1CCCCC1)C1CCCCC1.CC1CC(C)(C)CC(C)(C)C1.CCCC(C)(C)CC(C)(C)CC.Cc1ccccc1.Cc1ccccc1C.c1ccc(Cc2ccccc2)cc1.c1ccc(Oc2ccccc2)cc1. The first kappa shape index (κ1) is 101. The lowest BCUT2D eigenvalue weighted by Crippen LogP contribution is -2.35. The molecule has 0 bridgehead atoms. The summed E-state index contributed by atoms with van der Waals surface area (Å²) in [4.78, 5) is 0. The first-order chi connectivity index (χ1) is 45.4. The second-order valence-electron chi connectivity index (χ2n) is 27.7. The van der Waals surface area contributed by atoms with Gasteiger partial charge in [0.1, 0.15) is 11.5 Å². The lowest BCUT2D eigenvalue weighted by molar-refractivity contribution is 0.0587. The molecule has 6 aromatic carbocycles. The molecule has 9 rings (SSSR count). The molecule has 0 aliphatic heterocycles. The zero-order chi connectivity index (χ0) is 74.2. The highest BCUT2D eigenvalue weighted by Gasteiger charge is 2.38. The third kappa shape index (κ3) is 54.8. The molecule has 0 heterocycles. The quantitative estimate of drug-likeness (QED) is 0.126. The maximum Gasteiger partial charge on any atom is 0.127 e. The number of aryl methyl sites for hydroxylation is 3. The van der Waals surface area contributed by atoms with Crippen molar-refractivity contribution in [3.8, 4) is 11.5 Å². The predicted octanol–water partition coefficient (Wildman–Crippen LogP) is 32.9. The summed E-state index contributed by atoms with van der Waals surface area (Å²) in [5, 5.41) is 0. The molecule has 0 atom stereocenters. The maximum absolute atomic E-state index is 5.58. The number of ether oxygens (including phenoxy) is 1. The van der Waals surface area contributed by atoms with E-state index in [0.29, 0.717) is 27.1 Å². The van der Waals surface area contributed by atoms with Gasteiger partial charge in [-0.3, -0.25) is 0 Å². The van der Waals surface area contributed by atoms with Crippen LogP contribution >= 0.6 is 0 Å². The lowest BCUT2D eigenvalue weighted by Gasteiger charge is -2.44. The smallest absolute Gasteiger partial charge is 0.127 e. The molecule has 95 heavy (non-hydrogen) atoms. The Morgan fingerprint density at radius 2 is 0.663 bits per heavy atom. The molecule has 6 aromatic rings. The van der Waals surface area contributed by atoms with E-state index in [4.69, 9.17) is 4.74 Å². The van der Waals surface area contributed by atoms with E-state index in [1.165, 1.54) is 137 Å². The summed E-state index contributed by atoms with van der Waals surface area (Å²) in [6, 6.07) is 59.2. The Labute approximate surface area is 598 Å². The van der Waals surface area contributed by atoms with Crippen LogP contribution in [0.1, 0.15) is 338 Å². The summed E-state index contributed by atoms with van der Waals surface area (Å²) in [6.07, 6.45) is 25.6. The van der Waals surface area contributed by atoms with Gasteiger partial charge in [0.15, 0.2) is 0 Å². The molecule has 0 radical (unpaired) electrons. The fourth-order valence-corrected chi connectivity index (χ4v) is 13.3. The standard InChI is InChI=1S/C15H28.C13H12.C12H10O.C12H26.C11H22.C8H10.C7H8.8C2H6/c1-15(2,13-9-5-3-6-10-13)14-11-7-4-8-12-14;1-3-7-12(8-4-1)11-13-9-5-2-6-10-13;1-3-7-11(8-4-1)13-12-9-5-2-6-10-12;1-7-9-12(5,6)10-11(3,4)8-2;1-9-6-10(2,3)8-11(4,5)7-9;1-7-5-3-4-6-8(7)2;1-7-5-3-2-4-6-7;8*1-2/h13-14H,3-12H2,1-2H3;1-10H,11H2;1-10H;7-10H2,1-6H3;9H,6-8H2,1-5H3;3-6H,1-2H3;2-6H,1H3;8*1-2H3. The second-order valence-corrected chi connectivity index (χ2v) is 27.7. The Morgan fingerprint density at radius 3 is 0.916 bits per heavy atom. The molecule has 0 N–H and O–H groups in total. The molecule has 0 spiro atoms. The van der Waals surface area contributed by atoms with Crippen LogP contribution in [0.3, 0.4) is 0 Å². The molecule has 546 valence electrons. The average Bonchev–Trinajstić information content (AvgIpc) is 0.934. The largest absolute Gasteiger partial charge is 0.457 e. The Kier molecular flexibility index (Phi) is 69.3. The first-order valence-electron chi connectivity index (χ1n) is 39.3. The van der Waals surface area contributed by atoms with Gasteiger partial charge in [-0.25, -0.2) is 0 Å². The molecule has 3 fully saturated rings. The van der Waals surface area contributed by atoms with Crippen molar-refractivity contribution in [2.24, 2.45) is 44.8 Å². The van der Waals surface area contributed by atoms with Crippen LogP contribution in [0.25, 0.3) is 0 Å². The van der Waals surface area contributed by atoms with Crippen LogP contribution in [0.2, 0.25) is 0 Å². The van der Waals surface area contributed by atoms with Gasteiger partial charge >= 0.3 is 0 Å². The summed E-state index contributed by atoms with van der Waals surface area (Å²) in [6.45, 7) is 69.6. The Balaban J connectivity index is -0.000000236. The minimum atomic E-state index is 0.526. The lowest BCUT2D eigenvalue weighted by atomic mass is 9.61. The van der Waals surface area contributed by atoms with Crippen LogP contribution in [0.5, 0.6) is 11.5 Å². The van der Waals surface area contributed by atoms with Crippen molar-refractivity contribution >= 4 is 0 Å². The molecular formula is C94H164O. The number of benzene rings is 6. The van der Waals surface area contributed by atoms with E-state index in [1.807, 2.05) is 190 Å². The Morgan fingerprint density at radius 1 is 0.379 bits per heavy atom. The second kappa shape index (κ2) is 65.1. The number of rotatable bonds is 11. The van der Waals surface area contributed by atoms with Gasteiger partial charge < -0.3 is 4.74 Å². The van der Waals surface area contributed by atoms with Crippen molar-refractivity contribution in [1.29, 1.82) is 0 Å². The van der Waals surface area contributed by atoms with Crippen molar-refractivity contribution < 1.29 is 4.74 Å². The van der Waals surface area contributed by atoms with E-state index < -0.39 is 0 Å². The van der Waals surface area contributed by atoms with Gasteiger partial charge in [0.25, 0.3) is 0 Å². The topological polar surface area (TPSA) is 9.23 Å². The van der Waals surface area contributed by atoms with Crippen LogP contribution in [0.4, 0.5) is 0 Å². The van der Waals surface area contributed by atoms with Crippen molar-refractivity contribution in [2.75, 3.05) is 0 Å². The van der Waals surface area contributed by atoms with Gasteiger partial charge in [0, 0.05) is 0 Å². The van der Waals surface area contributed by atoms with Crippen LogP contribution in [-0.2, 0) is 6.42 Å². The van der Waals surface area contributed by atoms with Crippen molar-refractivity contribution in [3.63, 3.8) is 0 Å². The highest BCUT2D eigenvalue weighted by Crippen LogP contribution is 2.49. The van der Waals surface area contributed by atoms with Crippen molar-refractivity contribution in [2.45, 2.75) is 337 Å².